The van der Waals surface area contributed by atoms with Gasteiger partial charge in [-0.3, -0.25) is 9.69 Å². The summed E-state index contributed by atoms with van der Waals surface area (Å²) in [5, 5.41) is 9.93. The molecule has 40 heavy (non-hydrogen) atoms. The molecular formula is C33H37NO6. The van der Waals surface area contributed by atoms with Gasteiger partial charge in [0.1, 0.15) is 24.2 Å². The van der Waals surface area contributed by atoms with Crippen LogP contribution in [0.25, 0.3) is 11.1 Å². The first-order valence-corrected chi connectivity index (χ1v) is 14.1. The third-order valence-corrected chi connectivity index (χ3v) is 7.35. The molecule has 0 aromatic heterocycles. The Balaban J connectivity index is 1.40. The summed E-state index contributed by atoms with van der Waals surface area (Å²) in [6.45, 7) is 6.85. The molecule has 7 heteroatoms. The lowest BCUT2D eigenvalue weighted by molar-refractivity contribution is -0.149. The molecule has 1 fully saturated rings. The number of fused-ring (bicyclic) bond motifs is 1. The van der Waals surface area contributed by atoms with Gasteiger partial charge in [0, 0.05) is 13.5 Å². The van der Waals surface area contributed by atoms with Crippen LogP contribution in [-0.2, 0) is 9.53 Å². The van der Waals surface area contributed by atoms with E-state index in [9.17, 15) is 9.90 Å². The molecule has 0 aliphatic carbocycles. The maximum atomic E-state index is 11.7. The Morgan fingerprint density at radius 1 is 0.900 bits per heavy atom. The molecule has 1 atom stereocenters. The van der Waals surface area contributed by atoms with E-state index in [1.807, 2.05) is 48.5 Å². The number of nitrogens with zero attached hydrogens (tertiary/aromatic N) is 1. The number of rotatable bonds is 10. The molecule has 0 spiro atoms. The van der Waals surface area contributed by atoms with Gasteiger partial charge in [0.05, 0.1) is 0 Å². The summed E-state index contributed by atoms with van der Waals surface area (Å²) in [7, 11) is 0. The van der Waals surface area contributed by atoms with Gasteiger partial charge in [0.25, 0.3) is 0 Å². The fraction of sp³-hybridized carbons (Fsp3) is 0.364. The molecular weight excluding hydrogens is 506 g/mol. The van der Waals surface area contributed by atoms with Gasteiger partial charge in [0.15, 0.2) is 11.5 Å². The molecule has 1 saturated heterocycles. The average molecular weight is 544 g/mol. The third kappa shape index (κ3) is 6.77. The van der Waals surface area contributed by atoms with Crippen molar-refractivity contribution < 1.29 is 28.8 Å². The molecule has 3 aromatic rings. The van der Waals surface area contributed by atoms with Gasteiger partial charge in [0.2, 0.25) is 6.79 Å². The minimum Gasteiger partial charge on any atom is -0.508 e. The van der Waals surface area contributed by atoms with Crippen LogP contribution >= 0.6 is 0 Å². The van der Waals surface area contributed by atoms with Crippen molar-refractivity contribution in [1.29, 1.82) is 0 Å². The number of benzene rings is 3. The molecule has 2 aliphatic rings. The van der Waals surface area contributed by atoms with Crippen LogP contribution in [0.2, 0.25) is 0 Å². The first-order chi connectivity index (χ1) is 19.5. The van der Waals surface area contributed by atoms with Gasteiger partial charge in [-0.25, -0.2) is 0 Å². The summed E-state index contributed by atoms with van der Waals surface area (Å²) in [6, 6.07) is 21.3. The van der Waals surface area contributed by atoms with Crippen molar-refractivity contribution in [3.05, 3.63) is 83.4 Å². The van der Waals surface area contributed by atoms with E-state index < -0.39 is 0 Å². The Bertz CT molecular complexity index is 1330. The highest BCUT2D eigenvalue weighted by atomic mass is 16.7. The van der Waals surface area contributed by atoms with Crippen molar-refractivity contribution >= 4 is 17.1 Å². The van der Waals surface area contributed by atoms with E-state index in [0.717, 1.165) is 58.8 Å². The van der Waals surface area contributed by atoms with E-state index in [1.54, 1.807) is 12.1 Å². The molecule has 2 heterocycles. The fourth-order valence-corrected chi connectivity index (χ4v) is 5.45. The maximum Gasteiger partial charge on any atom is 0.303 e. The fourth-order valence-electron chi connectivity index (χ4n) is 5.45. The Morgan fingerprint density at radius 2 is 1.55 bits per heavy atom. The normalized spacial score (nSPS) is 16.2. The summed E-state index contributed by atoms with van der Waals surface area (Å²) in [5.41, 5.74) is 5.29. The molecule has 3 aromatic carbocycles. The Labute approximate surface area is 235 Å². The monoisotopic (exact) mass is 543 g/mol. The second kappa shape index (κ2) is 12.9. The van der Waals surface area contributed by atoms with E-state index in [2.05, 4.69) is 17.9 Å². The molecule has 0 amide bonds. The molecule has 0 radical (unpaired) electrons. The largest absolute Gasteiger partial charge is 0.508 e. The number of phenolic OH excluding ortho intramolecular Hbond substituents is 1. The molecule has 1 unspecified atom stereocenters. The highest BCUT2D eigenvalue weighted by Gasteiger charge is 2.21. The number of allylic oxidation sites excluding steroid dienone is 1. The van der Waals surface area contributed by atoms with Crippen molar-refractivity contribution in [2.24, 2.45) is 0 Å². The summed E-state index contributed by atoms with van der Waals surface area (Å²) >= 11 is 0. The van der Waals surface area contributed by atoms with Crippen molar-refractivity contribution in [1.82, 2.24) is 4.90 Å². The van der Waals surface area contributed by atoms with E-state index in [0.29, 0.717) is 18.9 Å². The zero-order valence-corrected chi connectivity index (χ0v) is 23.2. The van der Waals surface area contributed by atoms with Crippen molar-refractivity contribution in [3.63, 3.8) is 0 Å². The van der Waals surface area contributed by atoms with Crippen LogP contribution in [-0.4, -0.2) is 55.1 Å². The van der Waals surface area contributed by atoms with Gasteiger partial charge >= 0.3 is 5.97 Å². The van der Waals surface area contributed by atoms with Crippen LogP contribution in [0.1, 0.15) is 56.2 Å². The van der Waals surface area contributed by atoms with Crippen molar-refractivity contribution in [2.75, 3.05) is 33.0 Å². The van der Waals surface area contributed by atoms with E-state index in [1.165, 1.54) is 26.2 Å². The quantitative estimate of drug-likeness (QED) is 0.238. The molecule has 0 bridgehead atoms. The minimum absolute atomic E-state index is 0.222. The van der Waals surface area contributed by atoms with E-state index in [4.69, 9.17) is 18.9 Å². The second-order valence-electron chi connectivity index (χ2n) is 10.3. The van der Waals surface area contributed by atoms with Crippen LogP contribution in [0, 0.1) is 0 Å². The summed E-state index contributed by atoms with van der Waals surface area (Å²) in [4.78, 5) is 14.1. The predicted molar refractivity (Wildman–Crippen MR) is 155 cm³/mol. The summed E-state index contributed by atoms with van der Waals surface area (Å²) in [6.07, 6.45) is 4.08. The Morgan fingerprint density at radius 3 is 2.23 bits per heavy atom. The lowest BCUT2D eigenvalue weighted by Crippen LogP contribution is -2.40. The number of aromatic hydroxyl groups is 1. The van der Waals surface area contributed by atoms with Gasteiger partial charge in [-0.15, -0.1) is 0 Å². The molecule has 2 aliphatic heterocycles. The highest BCUT2D eigenvalue weighted by molar-refractivity contribution is 5.99. The second-order valence-corrected chi connectivity index (χ2v) is 10.3. The standard InChI is InChI=1S/C33H37NO6/c1-3-30(26-11-16-31-32(19-26)39-22-38-31)33(24-7-12-27(36)13-8-24)25-9-14-28(15-10-25)37-21-29(40-23(2)35)20-34-17-5-4-6-18-34/h7-16,19,29,36H,3-6,17-18,20-22H2,1-2H3. The number of esters is 1. The Kier molecular flexibility index (Phi) is 8.91. The predicted octanol–water partition coefficient (Wildman–Crippen LogP) is 6.29. The van der Waals surface area contributed by atoms with Crippen LogP contribution in [0.5, 0.6) is 23.0 Å². The topological polar surface area (TPSA) is 77.5 Å². The zero-order valence-electron chi connectivity index (χ0n) is 23.2. The van der Waals surface area contributed by atoms with Gasteiger partial charge in [-0.2, -0.15) is 0 Å². The minimum atomic E-state index is -0.319. The number of phenols is 1. The lowest BCUT2D eigenvalue weighted by atomic mass is 9.88. The van der Waals surface area contributed by atoms with Gasteiger partial charge in [-0.05, 0) is 96.6 Å². The SMILES string of the molecule is CCC(=C(c1ccc(O)cc1)c1ccc(OCC(CN2CCCCC2)OC(C)=O)cc1)c1ccc2c(c1)OCO2. The first kappa shape index (κ1) is 27.6. The number of carbonyl (C=O) groups excluding carboxylic acids is 1. The van der Waals surface area contributed by atoms with E-state index in [-0.39, 0.29) is 24.6 Å². The first-order valence-electron chi connectivity index (χ1n) is 14.1. The average Bonchev–Trinajstić information content (AvgIpc) is 3.44. The molecule has 7 nitrogen and oxygen atoms in total. The smallest absolute Gasteiger partial charge is 0.303 e. The molecule has 5 rings (SSSR count). The highest BCUT2D eigenvalue weighted by Crippen LogP contribution is 2.40. The number of carbonyl (C=O) groups is 1. The number of hydrogen-bond donors (Lipinski definition) is 1. The van der Waals surface area contributed by atoms with Crippen molar-refractivity contribution in [2.45, 2.75) is 45.6 Å². The maximum absolute atomic E-state index is 11.7. The third-order valence-electron chi connectivity index (χ3n) is 7.35. The molecule has 0 saturated carbocycles. The molecule has 210 valence electrons. The molecule has 1 N–H and O–H groups in total. The van der Waals surface area contributed by atoms with Gasteiger partial charge < -0.3 is 24.1 Å². The summed E-state index contributed by atoms with van der Waals surface area (Å²) in [5.74, 6) is 2.13. The number of ether oxygens (including phenoxy) is 4. The van der Waals surface area contributed by atoms with Crippen LogP contribution in [0.3, 0.4) is 0 Å². The van der Waals surface area contributed by atoms with Crippen LogP contribution in [0.4, 0.5) is 0 Å². The Hall–Kier alpha value is -3.97. The zero-order chi connectivity index (χ0) is 27.9. The number of piperidine rings is 1. The summed E-state index contributed by atoms with van der Waals surface area (Å²) < 4.78 is 22.8. The van der Waals surface area contributed by atoms with Crippen molar-refractivity contribution in [3.8, 4) is 23.0 Å². The number of hydrogen-bond acceptors (Lipinski definition) is 7. The van der Waals surface area contributed by atoms with Crippen LogP contribution in [0.15, 0.2) is 66.7 Å². The van der Waals surface area contributed by atoms with E-state index >= 15 is 0 Å². The van der Waals surface area contributed by atoms with Gasteiger partial charge in [-0.1, -0.05) is 43.7 Å². The lowest BCUT2D eigenvalue weighted by Gasteiger charge is -2.30. The number of likely N-dealkylation sites (tertiary alicyclic amines) is 1. The van der Waals surface area contributed by atoms with Crippen LogP contribution < -0.4 is 14.2 Å².